The van der Waals surface area contributed by atoms with Gasteiger partial charge in [0.15, 0.2) is 0 Å². The third-order valence-electron chi connectivity index (χ3n) is 8.24. The highest BCUT2D eigenvalue weighted by Crippen LogP contribution is 2.47. The first-order chi connectivity index (χ1) is 18.1. The molecule has 0 saturated carbocycles. The van der Waals surface area contributed by atoms with Crippen LogP contribution in [0.25, 0.3) is 0 Å². The lowest BCUT2D eigenvalue weighted by Gasteiger charge is -2.38. The lowest BCUT2D eigenvalue weighted by atomic mass is 9.84. The van der Waals surface area contributed by atoms with Crippen LogP contribution in [0.5, 0.6) is 5.75 Å². The van der Waals surface area contributed by atoms with Crippen molar-refractivity contribution >= 4 is 17.5 Å². The Hall–Kier alpha value is -2.94. The van der Waals surface area contributed by atoms with Gasteiger partial charge < -0.3 is 29.5 Å². The molecule has 0 radical (unpaired) electrons. The van der Waals surface area contributed by atoms with E-state index >= 15 is 0 Å². The fourth-order valence-corrected chi connectivity index (χ4v) is 6.20. The second-order valence-electron chi connectivity index (χ2n) is 10.6. The summed E-state index contributed by atoms with van der Waals surface area (Å²) < 4.78 is 17.7. The van der Waals surface area contributed by atoms with Gasteiger partial charge in [-0.25, -0.2) is 0 Å². The van der Waals surface area contributed by atoms with Gasteiger partial charge in [0.25, 0.3) is 0 Å². The van der Waals surface area contributed by atoms with Crippen molar-refractivity contribution in [1.29, 1.82) is 0 Å². The molecule has 0 aromatic heterocycles. The summed E-state index contributed by atoms with van der Waals surface area (Å²) in [5, 5.41) is 13.1. The number of aliphatic hydroxyl groups is 1. The van der Waals surface area contributed by atoms with Crippen LogP contribution in [0.3, 0.4) is 0 Å². The predicted octanol–water partition coefficient (Wildman–Crippen LogP) is 3.02. The number of hydrogen-bond donors (Lipinski definition) is 2. The molecule has 4 heterocycles. The zero-order chi connectivity index (χ0) is 25.4. The first-order valence-corrected chi connectivity index (χ1v) is 13.4. The van der Waals surface area contributed by atoms with Crippen molar-refractivity contribution in [3.8, 4) is 5.75 Å². The number of nitrogens with one attached hydrogen (secondary N) is 1. The molecule has 2 aromatic carbocycles. The SMILES string of the molecule is O=C(Nc1ccc2c(c1)[C@H]1C[C@H](CC(=O)N3CCc4ccccc4C3)O[C@H](CO)[C@H]1O2)C1CCOCC1. The maximum atomic E-state index is 13.2. The Kier molecular flexibility index (Phi) is 6.88. The minimum absolute atomic E-state index is 0.0132. The van der Waals surface area contributed by atoms with E-state index in [2.05, 4.69) is 17.4 Å². The van der Waals surface area contributed by atoms with E-state index in [1.807, 2.05) is 35.2 Å². The molecule has 2 aromatic rings. The molecule has 0 bridgehead atoms. The summed E-state index contributed by atoms with van der Waals surface area (Å²) in [5.41, 5.74) is 4.25. The number of rotatable bonds is 5. The lowest BCUT2D eigenvalue weighted by Crippen LogP contribution is -2.48. The Morgan fingerprint density at radius 2 is 1.89 bits per heavy atom. The molecular formula is C29H34N2O6. The Morgan fingerprint density at radius 3 is 2.70 bits per heavy atom. The zero-order valence-electron chi connectivity index (χ0n) is 20.9. The number of carbonyl (C=O) groups is 2. The van der Waals surface area contributed by atoms with Crippen LogP contribution < -0.4 is 10.1 Å². The average molecular weight is 507 g/mol. The number of nitrogens with zero attached hydrogens (tertiary/aromatic N) is 1. The van der Waals surface area contributed by atoms with Crippen molar-refractivity contribution in [1.82, 2.24) is 4.90 Å². The predicted molar refractivity (Wildman–Crippen MR) is 136 cm³/mol. The van der Waals surface area contributed by atoms with Crippen LogP contribution >= 0.6 is 0 Å². The molecule has 4 atom stereocenters. The lowest BCUT2D eigenvalue weighted by molar-refractivity contribution is -0.149. The number of benzene rings is 2. The van der Waals surface area contributed by atoms with E-state index < -0.39 is 6.10 Å². The van der Waals surface area contributed by atoms with Crippen LogP contribution in [0, 0.1) is 5.92 Å². The van der Waals surface area contributed by atoms with E-state index in [4.69, 9.17) is 14.2 Å². The molecule has 196 valence electrons. The highest BCUT2D eigenvalue weighted by atomic mass is 16.6. The van der Waals surface area contributed by atoms with Gasteiger partial charge in [-0.15, -0.1) is 0 Å². The van der Waals surface area contributed by atoms with Crippen molar-refractivity contribution in [3.63, 3.8) is 0 Å². The van der Waals surface area contributed by atoms with Crippen LogP contribution in [-0.4, -0.2) is 66.5 Å². The van der Waals surface area contributed by atoms with Crippen LogP contribution in [0.4, 0.5) is 5.69 Å². The summed E-state index contributed by atoms with van der Waals surface area (Å²) in [6.45, 7) is 2.39. The van der Waals surface area contributed by atoms with E-state index in [1.54, 1.807) is 0 Å². The summed E-state index contributed by atoms with van der Waals surface area (Å²) in [4.78, 5) is 27.9. The Morgan fingerprint density at radius 1 is 1.08 bits per heavy atom. The molecule has 0 unspecified atom stereocenters. The van der Waals surface area contributed by atoms with Gasteiger partial charge in [-0.2, -0.15) is 0 Å². The number of hydrogen-bond acceptors (Lipinski definition) is 6. The molecule has 2 N–H and O–H groups in total. The van der Waals surface area contributed by atoms with Gasteiger partial charge in [-0.05, 0) is 55.0 Å². The second-order valence-corrected chi connectivity index (χ2v) is 10.6. The van der Waals surface area contributed by atoms with Crippen molar-refractivity contribution in [3.05, 3.63) is 59.2 Å². The maximum absolute atomic E-state index is 13.2. The first-order valence-electron chi connectivity index (χ1n) is 13.4. The molecule has 8 nitrogen and oxygen atoms in total. The van der Waals surface area contributed by atoms with Crippen molar-refractivity contribution in [2.75, 3.05) is 31.7 Å². The topological polar surface area (TPSA) is 97.3 Å². The third kappa shape index (κ3) is 4.98. The summed E-state index contributed by atoms with van der Waals surface area (Å²) in [6, 6.07) is 14.0. The summed E-state index contributed by atoms with van der Waals surface area (Å²) in [7, 11) is 0. The Balaban J connectivity index is 1.14. The van der Waals surface area contributed by atoms with E-state index in [0.717, 1.165) is 36.3 Å². The van der Waals surface area contributed by atoms with E-state index in [9.17, 15) is 14.7 Å². The largest absolute Gasteiger partial charge is 0.487 e. The maximum Gasteiger partial charge on any atom is 0.227 e. The zero-order valence-corrected chi connectivity index (χ0v) is 20.9. The molecule has 2 saturated heterocycles. The highest BCUT2D eigenvalue weighted by Gasteiger charge is 2.46. The minimum Gasteiger partial charge on any atom is -0.487 e. The molecule has 4 aliphatic heterocycles. The van der Waals surface area contributed by atoms with Crippen LogP contribution in [0.15, 0.2) is 42.5 Å². The standard InChI is InChI=1S/C29H34N2O6/c32-17-26-28-24(14-22(36-26)15-27(33)31-10-7-18-3-1-2-4-20(18)16-31)23-13-21(5-6-25(23)37-28)30-29(34)19-8-11-35-12-9-19/h1-6,13,19,22,24,26,28,32H,7-12,14-17H2,(H,30,34)/t22-,24-,26-,28+/m1/s1. The van der Waals surface area contributed by atoms with Gasteiger partial charge in [-0.3, -0.25) is 9.59 Å². The smallest absolute Gasteiger partial charge is 0.227 e. The van der Waals surface area contributed by atoms with E-state index in [0.29, 0.717) is 32.7 Å². The van der Waals surface area contributed by atoms with Crippen LogP contribution in [0.2, 0.25) is 0 Å². The summed E-state index contributed by atoms with van der Waals surface area (Å²) in [6.07, 6.45) is 2.11. The molecule has 0 spiro atoms. The molecule has 0 aliphatic carbocycles. The summed E-state index contributed by atoms with van der Waals surface area (Å²) >= 11 is 0. The fourth-order valence-electron chi connectivity index (χ4n) is 6.20. The monoisotopic (exact) mass is 506 g/mol. The van der Waals surface area contributed by atoms with E-state index in [1.165, 1.54) is 11.1 Å². The normalized spacial score (nSPS) is 27.0. The number of aliphatic hydroxyl groups excluding tert-OH is 1. The molecule has 2 amide bonds. The van der Waals surface area contributed by atoms with E-state index in [-0.39, 0.29) is 48.9 Å². The molecule has 8 heteroatoms. The molecule has 4 aliphatic rings. The molecule has 37 heavy (non-hydrogen) atoms. The van der Waals surface area contributed by atoms with Gasteiger partial charge in [0.2, 0.25) is 11.8 Å². The highest BCUT2D eigenvalue weighted by molar-refractivity contribution is 5.92. The molecule has 6 rings (SSSR count). The second kappa shape index (κ2) is 10.4. The van der Waals surface area contributed by atoms with Crippen molar-refractivity contribution < 1.29 is 28.9 Å². The summed E-state index contributed by atoms with van der Waals surface area (Å²) in [5.74, 6) is 0.795. The molecular weight excluding hydrogens is 472 g/mol. The van der Waals surface area contributed by atoms with Gasteiger partial charge in [0.1, 0.15) is 18.0 Å². The molecule has 2 fully saturated rings. The first kappa shape index (κ1) is 24.4. The fraction of sp³-hybridized carbons (Fsp3) is 0.517. The van der Waals surface area contributed by atoms with Crippen molar-refractivity contribution in [2.24, 2.45) is 5.92 Å². The van der Waals surface area contributed by atoms with Gasteiger partial charge in [-0.1, -0.05) is 24.3 Å². The number of anilines is 1. The number of ether oxygens (including phenoxy) is 3. The Bertz CT molecular complexity index is 1160. The van der Waals surface area contributed by atoms with Gasteiger partial charge >= 0.3 is 0 Å². The quantitative estimate of drug-likeness (QED) is 0.647. The third-order valence-corrected chi connectivity index (χ3v) is 8.24. The van der Waals surface area contributed by atoms with Gasteiger partial charge in [0.05, 0.1) is 19.1 Å². The Labute approximate surface area is 216 Å². The number of carbonyl (C=O) groups excluding carboxylic acids is 2. The van der Waals surface area contributed by atoms with Gasteiger partial charge in [0, 0.05) is 49.4 Å². The number of fused-ring (bicyclic) bond motifs is 4. The van der Waals surface area contributed by atoms with Crippen LogP contribution in [0.1, 0.15) is 48.3 Å². The number of amides is 2. The van der Waals surface area contributed by atoms with Crippen LogP contribution in [-0.2, 0) is 32.0 Å². The van der Waals surface area contributed by atoms with Crippen molar-refractivity contribution in [2.45, 2.75) is 62.9 Å². The minimum atomic E-state index is -0.508. The average Bonchev–Trinajstić information content (AvgIpc) is 3.30.